The fraction of sp³-hybridized carbons (Fsp3) is 0.846. The number of aliphatic carboxylic acids is 1. The lowest BCUT2D eigenvalue weighted by Gasteiger charge is -2.29. The molecule has 1 aliphatic rings. The minimum atomic E-state index is -0.781. The van der Waals surface area contributed by atoms with Gasteiger partial charge in [0.25, 0.3) is 0 Å². The Morgan fingerprint density at radius 1 is 1.28 bits per heavy atom. The lowest BCUT2D eigenvalue weighted by molar-refractivity contribution is -0.141. The maximum Gasteiger partial charge on any atom is 0.303 e. The van der Waals surface area contributed by atoms with Gasteiger partial charge < -0.3 is 10.0 Å². The minimum Gasteiger partial charge on any atom is -0.481 e. The van der Waals surface area contributed by atoms with E-state index in [0.29, 0.717) is 6.42 Å². The molecule has 0 unspecified atom stereocenters. The molecular formula is C13H23NO3S. The number of thioether (sulfide) groups is 1. The fourth-order valence-electron chi connectivity index (χ4n) is 2.67. The molecule has 0 heterocycles. The number of carboxylic acid groups (broad SMARTS) is 1. The molecule has 0 saturated heterocycles. The zero-order valence-electron chi connectivity index (χ0n) is 11.3. The first-order chi connectivity index (χ1) is 8.49. The maximum atomic E-state index is 12.1. The van der Waals surface area contributed by atoms with Crippen molar-refractivity contribution in [1.29, 1.82) is 0 Å². The van der Waals surface area contributed by atoms with Crippen LogP contribution >= 0.6 is 11.8 Å². The highest BCUT2D eigenvalue weighted by Gasteiger charge is 2.38. The number of carbonyl (C=O) groups is 2. The SMILES string of the molecule is CSCCN(C)C(=O)CC1(CC(=O)O)CCCC1. The summed E-state index contributed by atoms with van der Waals surface area (Å²) in [5.74, 6) is 0.234. The van der Waals surface area contributed by atoms with Gasteiger partial charge in [-0.25, -0.2) is 0 Å². The fourth-order valence-corrected chi connectivity index (χ4v) is 3.13. The topological polar surface area (TPSA) is 57.6 Å². The van der Waals surface area contributed by atoms with Crippen molar-refractivity contribution in [2.24, 2.45) is 5.41 Å². The number of hydrogen-bond donors (Lipinski definition) is 1. The van der Waals surface area contributed by atoms with Gasteiger partial charge in [-0.1, -0.05) is 12.8 Å². The number of carboxylic acids is 1. The van der Waals surface area contributed by atoms with Gasteiger partial charge in [-0.3, -0.25) is 9.59 Å². The van der Waals surface area contributed by atoms with Crippen molar-refractivity contribution >= 4 is 23.6 Å². The van der Waals surface area contributed by atoms with Crippen LogP contribution in [0.3, 0.4) is 0 Å². The van der Waals surface area contributed by atoms with Crippen molar-refractivity contribution in [3.05, 3.63) is 0 Å². The summed E-state index contributed by atoms with van der Waals surface area (Å²) >= 11 is 1.71. The number of hydrogen-bond acceptors (Lipinski definition) is 3. The van der Waals surface area contributed by atoms with Crippen molar-refractivity contribution < 1.29 is 14.7 Å². The molecule has 1 N–H and O–H groups in total. The van der Waals surface area contributed by atoms with E-state index < -0.39 is 5.97 Å². The molecule has 1 saturated carbocycles. The summed E-state index contributed by atoms with van der Waals surface area (Å²) in [6, 6.07) is 0. The Labute approximate surface area is 113 Å². The van der Waals surface area contributed by atoms with Crippen molar-refractivity contribution in [3.63, 3.8) is 0 Å². The van der Waals surface area contributed by atoms with E-state index in [9.17, 15) is 9.59 Å². The summed E-state index contributed by atoms with van der Waals surface area (Å²) in [5.41, 5.74) is -0.281. The van der Waals surface area contributed by atoms with Crippen molar-refractivity contribution in [1.82, 2.24) is 4.90 Å². The number of carbonyl (C=O) groups excluding carboxylic acids is 1. The first-order valence-electron chi connectivity index (χ1n) is 6.44. The lowest BCUT2D eigenvalue weighted by atomic mass is 9.79. The second kappa shape index (κ2) is 7.02. The molecule has 104 valence electrons. The zero-order chi connectivity index (χ0) is 13.6. The predicted octanol–water partition coefficient (Wildman–Crippen LogP) is 2.23. The molecule has 5 heteroatoms. The normalized spacial score (nSPS) is 17.7. The monoisotopic (exact) mass is 273 g/mol. The van der Waals surface area contributed by atoms with Crippen LogP contribution in [0, 0.1) is 5.41 Å². The van der Waals surface area contributed by atoms with Gasteiger partial charge in [0.15, 0.2) is 0 Å². The Balaban J connectivity index is 2.55. The molecule has 0 aromatic carbocycles. The second-order valence-electron chi connectivity index (χ2n) is 5.26. The molecule has 1 aliphatic carbocycles. The van der Waals surface area contributed by atoms with Gasteiger partial charge >= 0.3 is 5.97 Å². The average molecular weight is 273 g/mol. The highest BCUT2D eigenvalue weighted by atomic mass is 32.2. The van der Waals surface area contributed by atoms with Gasteiger partial charge in [0.1, 0.15) is 0 Å². The molecule has 0 aromatic heterocycles. The van der Waals surface area contributed by atoms with Gasteiger partial charge in [0.2, 0.25) is 5.91 Å². The molecule has 0 aromatic rings. The molecule has 1 amide bonds. The Morgan fingerprint density at radius 3 is 2.39 bits per heavy atom. The van der Waals surface area contributed by atoms with E-state index in [1.807, 2.05) is 13.3 Å². The summed E-state index contributed by atoms with van der Waals surface area (Å²) < 4.78 is 0. The highest BCUT2D eigenvalue weighted by Crippen LogP contribution is 2.44. The second-order valence-corrected chi connectivity index (χ2v) is 6.25. The van der Waals surface area contributed by atoms with Crippen molar-refractivity contribution in [2.75, 3.05) is 25.6 Å². The third-order valence-electron chi connectivity index (χ3n) is 3.77. The Morgan fingerprint density at radius 2 is 1.89 bits per heavy atom. The standard InChI is InChI=1S/C13H23NO3S/c1-14(7-8-18-2)11(15)9-13(10-12(16)17)5-3-4-6-13/h3-10H2,1-2H3,(H,16,17). The van der Waals surface area contributed by atoms with E-state index in [4.69, 9.17) is 5.11 Å². The molecule has 1 fully saturated rings. The van der Waals surface area contributed by atoms with Crippen LogP contribution in [0.5, 0.6) is 0 Å². The number of nitrogens with zero attached hydrogens (tertiary/aromatic N) is 1. The Hall–Kier alpha value is -0.710. The largest absolute Gasteiger partial charge is 0.481 e. The Kier molecular flexibility index (Phi) is 5.99. The first-order valence-corrected chi connectivity index (χ1v) is 7.83. The van der Waals surface area contributed by atoms with Gasteiger partial charge in [0, 0.05) is 25.8 Å². The van der Waals surface area contributed by atoms with Gasteiger partial charge in [0.05, 0.1) is 6.42 Å². The smallest absolute Gasteiger partial charge is 0.303 e. The lowest BCUT2D eigenvalue weighted by Crippen LogP contribution is -2.34. The molecular weight excluding hydrogens is 250 g/mol. The average Bonchev–Trinajstić information content (AvgIpc) is 2.72. The van der Waals surface area contributed by atoms with E-state index in [0.717, 1.165) is 38.0 Å². The number of rotatable bonds is 7. The summed E-state index contributed by atoms with van der Waals surface area (Å²) in [4.78, 5) is 24.8. The van der Waals surface area contributed by atoms with Crippen LogP contribution < -0.4 is 0 Å². The third-order valence-corrected chi connectivity index (χ3v) is 4.36. The van der Waals surface area contributed by atoms with Crippen LogP contribution in [0.2, 0.25) is 0 Å². The summed E-state index contributed by atoms with van der Waals surface area (Å²) in [6.45, 7) is 0.739. The molecule has 0 atom stereocenters. The van der Waals surface area contributed by atoms with Crippen molar-refractivity contribution in [2.45, 2.75) is 38.5 Å². The van der Waals surface area contributed by atoms with Crippen LogP contribution in [-0.2, 0) is 9.59 Å². The maximum absolute atomic E-state index is 12.1. The van der Waals surface area contributed by atoms with E-state index in [1.165, 1.54) is 0 Å². The molecule has 0 bridgehead atoms. The minimum absolute atomic E-state index is 0.0900. The van der Waals surface area contributed by atoms with E-state index in [2.05, 4.69) is 0 Å². The summed E-state index contributed by atoms with van der Waals surface area (Å²) in [5, 5.41) is 9.00. The van der Waals surface area contributed by atoms with E-state index in [-0.39, 0.29) is 17.7 Å². The van der Waals surface area contributed by atoms with Crippen LogP contribution in [0.25, 0.3) is 0 Å². The number of amides is 1. The molecule has 4 nitrogen and oxygen atoms in total. The third kappa shape index (κ3) is 4.52. The molecule has 1 rings (SSSR count). The summed E-state index contributed by atoms with van der Waals surface area (Å²) in [7, 11) is 1.81. The molecule has 0 aliphatic heterocycles. The highest BCUT2D eigenvalue weighted by molar-refractivity contribution is 7.98. The van der Waals surface area contributed by atoms with Crippen LogP contribution in [0.4, 0.5) is 0 Å². The summed E-state index contributed by atoms with van der Waals surface area (Å²) in [6.07, 6.45) is 6.40. The quantitative estimate of drug-likeness (QED) is 0.773. The molecule has 0 radical (unpaired) electrons. The van der Waals surface area contributed by atoms with Crippen LogP contribution in [-0.4, -0.2) is 47.5 Å². The molecule has 18 heavy (non-hydrogen) atoms. The zero-order valence-corrected chi connectivity index (χ0v) is 12.1. The van der Waals surface area contributed by atoms with Crippen LogP contribution in [0.15, 0.2) is 0 Å². The van der Waals surface area contributed by atoms with Gasteiger partial charge in [-0.2, -0.15) is 11.8 Å². The predicted molar refractivity (Wildman–Crippen MR) is 73.8 cm³/mol. The Bertz CT molecular complexity index is 301. The van der Waals surface area contributed by atoms with Crippen LogP contribution in [0.1, 0.15) is 38.5 Å². The van der Waals surface area contributed by atoms with Gasteiger partial charge in [-0.15, -0.1) is 0 Å². The molecule has 0 spiro atoms. The van der Waals surface area contributed by atoms with E-state index in [1.54, 1.807) is 16.7 Å². The van der Waals surface area contributed by atoms with E-state index >= 15 is 0 Å². The van der Waals surface area contributed by atoms with Crippen molar-refractivity contribution in [3.8, 4) is 0 Å². The van der Waals surface area contributed by atoms with Gasteiger partial charge in [-0.05, 0) is 24.5 Å². The first kappa shape index (κ1) is 15.3.